The van der Waals surface area contributed by atoms with Crippen molar-refractivity contribution in [3.05, 3.63) is 11.8 Å². The zero-order valence-electron chi connectivity index (χ0n) is 7.90. The van der Waals surface area contributed by atoms with Gasteiger partial charge in [-0.25, -0.2) is 9.48 Å². The fourth-order valence-electron chi connectivity index (χ4n) is 1.06. The van der Waals surface area contributed by atoms with Crippen molar-refractivity contribution in [1.29, 1.82) is 0 Å². The number of anilines is 1. The van der Waals surface area contributed by atoms with E-state index in [1.54, 1.807) is 0 Å². The van der Waals surface area contributed by atoms with Gasteiger partial charge in [0.15, 0.2) is 0 Å². The number of aromatic nitrogens is 2. The molecule has 0 unspecified atom stereocenters. The van der Waals surface area contributed by atoms with Crippen molar-refractivity contribution in [2.45, 2.75) is 26.3 Å². The third kappa shape index (κ3) is 1.63. The van der Waals surface area contributed by atoms with E-state index in [0.717, 1.165) is 0 Å². The smallest absolute Gasteiger partial charge is 0.341 e. The monoisotopic (exact) mass is 183 g/mol. The predicted molar refractivity (Wildman–Crippen MR) is 48.6 cm³/mol. The van der Waals surface area contributed by atoms with Crippen molar-refractivity contribution in [2.75, 3.05) is 5.73 Å². The van der Waals surface area contributed by atoms with E-state index in [1.807, 2.05) is 20.8 Å². The van der Waals surface area contributed by atoms with Crippen molar-refractivity contribution in [3.8, 4) is 0 Å². The molecule has 0 aliphatic carbocycles. The van der Waals surface area contributed by atoms with Gasteiger partial charge in [0.1, 0.15) is 11.4 Å². The highest BCUT2D eigenvalue weighted by atomic mass is 16.4. The lowest BCUT2D eigenvalue weighted by atomic mass is 10.1. The van der Waals surface area contributed by atoms with E-state index in [2.05, 4.69) is 5.10 Å². The molecule has 1 rings (SSSR count). The second-order valence-electron chi connectivity index (χ2n) is 3.83. The van der Waals surface area contributed by atoms with Crippen LogP contribution in [-0.4, -0.2) is 20.9 Å². The maximum Gasteiger partial charge on any atom is 0.341 e. The Bertz CT molecular complexity index is 336. The summed E-state index contributed by atoms with van der Waals surface area (Å²) in [7, 11) is 0. The quantitative estimate of drug-likeness (QED) is 0.678. The molecule has 0 radical (unpaired) electrons. The molecule has 0 bridgehead atoms. The minimum atomic E-state index is -1.05. The van der Waals surface area contributed by atoms with Crippen LogP contribution >= 0.6 is 0 Å². The molecule has 0 aliphatic heterocycles. The molecule has 1 aromatic heterocycles. The van der Waals surface area contributed by atoms with Gasteiger partial charge in [-0.15, -0.1) is 0 Å². The molecule has 0 aromatic carbocycles. The van der Waals surface area contributed by atoms with Crippen LogP contribution in [0.3, 0.4) is 0 Å². The molecule has 0 spiro atoms. The van der Waals surface area contributed by atoms with Gasteiger partial charge in [0.05, 0.1) is 11.7 Å². The van der Waals surface area contributed by atoms with Gasteiger partial charge in [0.25, 0.3) is 0 Å². The van der Waals surface area contributed by atoms with Crippen LogP contribution < -0.4 is 5.73 Å². The third-order valence-electron chi connectivity index (χ3n) is 1.67. The number of carboxylic acid groups (broad SMARTS) is 1. The van der Waals surface area contributed by atoms with Crippen LogP contribution in [0, 0.1) is 0 Å². The van der Waals surface area contributed by atoms with Crippen molar-refractivity contribution in [1.82, 2.24) is 9.78 Å². The lowest BCUT2D eigenvalue weighted by molar-refractivity contribution is 0.0698. The highest BCUT2D eigenvalue weighted by Crippen LogP contribution is 2.20. The van der Waals surface area contributed by atoms with E-state index in [0.29, 0.717) is 0 Å². The Morgan fingerprint density at radius 3 is 2.38 bits per heavy atom. The molecule has 0 aliphatic rings. The second kappa shape index (κ2) is 2.76. The highest BCUT2D eigenvalue weighted by molar-refractivity contribution is 5.92. The molecule has 0 fully saturated rings. The van der Waals surface area contributed by atoms with Crippen LogP contribution in [-0.2, 0) is 5.54 Å². The molecule has 3 N–H and O–H groups in total. The van der Waals surface area contributed by atoms with Gasteiger partial charge in [0, 0.05) is 0 Å². The summed E-state index contributed by atoms with van der Waals surface area (Å²) in [6.07, 6.45) is 1.27. The van der Waals surface area contributed by atoms with Gasteiger partial charge in [-0.3, -0.25) is 0 Å². The number of hydrogen-bond donors (Lipinski definition) is 2. The van der Waals surface area contributed by atoms with Crippen molar-refractivity contribution < 1.29 is 9.90 Å². The normalized spacial score (nSPS) is 11.6. The molecule has 1 aromatic rings. The van der Waals surface area contributed by atoms with Gasteiger partial charge in [-0.1, -0.05) is 0 Å². The molecule has 0 amide bonds. The molecule has 13 heavy (non-hydrogen) atoms. The molecule has 0 saturated carbocycles. The number of rotatable bonds is 1. The van der Waals surface area contributed by atoms with Crippen molar-refractivity contribution in [3.63, 3.8) is 0 Å². The molecule has 5 heteroatoms. The summed E-state index contributed by atoms with van der Waals surface area (Å²) < 4.78 is 1.50. The van der Waals surface area contributed by atoms with E-state index < -0.39 is 5.97 Å². The Kier molecular flexibility index (Phi) is 2.03. The predicted octanol–water partition coefficient (Wildman–Crippen LogP) is 0.918. The number of carbonyl (C=O) groups is 1. The van der Waals surface area contributed by atoms with Gasteiger partial charge in [-0.2, -0.15) is 5.10 Å². The standard InChI is InChI=1S/C8H13N3O2/c1-8(2,3)11-6(9)5(4-10-11)7(12)13/h4H,9H2,1-3H3,(H,12,13). The summed E-state index contributed by atoms with van der Waals surface area (Å²) in [4.78, 5) is 10.6. The fraction of sp³-hybridized carbons (Fsp3) is 0.500. The SMILES string of the molecule is CC(C)(C)n1ncc(C(=O)O)c1N. The molecule has 1 heterocycles. The summed E-state index contributed by atoms with van der Waals surface area (Å²) in [6, 6.07) is 0. The second-order valence-corrected chi connectivity index (χ2v) is 3.83. The van der Waals surface area contributed by atoms with Gasteiger partial charge >= 0.3 is 5.97 Å². The van der Waals surface area contributed by atoms with Gasteiger partial charge < -0.3 is 10.8 Å². The summed E-state index contributed by atoms with van der Waals surface area (Å²) in [5.74, 6) is -0.854. The summed E-state index contributed by atoms with van der Waals surface area (Å²) in [5.41, 5.74) is 5.37. The largest absolute Gasteiger partial charge is 0.477 e. The Balaban J connectivity index is 3.22. The number of carboxylic acids is 1. The molecular formula is C8H13N3O2. The van der Waals surface area contributed by atoms with Crippen LogP contribution in [0.2, 0.25) is 0 Å². The number of nitrogens with two attached hydrogens (primary N) is 1. The van der Waals surface area contributed by atoms with Gasteiger partial charge in [-0.05, 0) is 20.8 Å². The lowest BCUT2D eigenvalue weighted by Crippen LogP contribution is -2.25. The minimum Gasteiger partial charge on any atom is -0.477 e. The number of aromatic carboxylic acids is 1. The van der Waals surface area contributed by atoms with Crippen LogP contribution in [0.4, 0.5) is 5.82 Å². The Morgan fingerprint density at radius 1 is 1.62 bits per heavy atom. The first-order valence-corrected chi connectivity index (χ1v) is 3.91. The lowest BCUT2D eigenvalue weighted by Gasteiger charge is -2.20. The van der Waals surface area contributed by atoms with Crippen molar-refractivity contribution >= 4 is 11.8 Å². The minimum absolute atomic E-state index is 0.0509. The topological polar surface area (TPSA) is 81.1 Å². The van der Waals surface area contributed by atoms with Crippen LogP contribution in [0.5, 0.6) is 0 Å². The Hall–Kier alpha value is -1.52. The first-order valence-electron chi connectivity index (χ1n) is 3.91. The maximum atomic E-state index is 10.6. The first kappa shape index (κ1) is 9.57. The van der Waals surface area contributed by atoms with E-state index in [4.69, 9.17) is 10.8 Å². The summed E-state index contributed by atoms with van der Waals surface area (Å²) in [5, 5.41) is 12.6. The Labute approximate surface area is 76.2 Å². The van der Waals surface area contributed by atoms with Crippen LogP contribution in [0.25, 0.3) is 0 Å². The van der Waals surface area contributed by atoms with E-state index >= 15 is 0 Å². The van der Waals surface area contributed by atoms with E-state index in [9.17, 15) is 4.79 Å². The van der Waals surface area contributed by atoms with E-state index in [-0.39, 0.29) is 16.9 Å². The van der Waals surface area contributed by atoms with Crippen LogP contribution in [0.1, 0.15) is 31.1 Å². The molecule has 5 nitrogen and oxygen atoms in total. The molecule has 72 valence electrons. The number of nitrogens with zero attached hydrogens (tertiary/aromatic N) is 2. The third-order valence-corrected chi connectivity index (χ3v) is 1.67. The molecule has 0 atom stereocenters. The number of nitrogen functional groups attached to an aromatic ring is 1. The van der Waals surface area contributed by atoms with E-state index in [1.165, 1.54) is 10.9 Å². The average Bonchev–Trinajstić information content (AvgIpc) is 2.28. The zero-order chi connectivity index (χ0) is 10.2. The van der Waals surface area contributed by atoms with Gasteiger partial charge in [0.2, 0.25) is 0 Å². The number of hydrogen-bond acceptors (Lipinski definition) is 3. The fourth-order valence-corrected chi connectivity index (χ4v) is 1.06. The maximum absolute atomic E-state index is 10.6. The Morgan fingerprint density at radius 2 is 2.15 bits per heavy atom. The van der Waals surface area contributed by atoms with Crippen LogP contribution in [0.15, 0.2) is 6.20 Å². The molecule has 0 saturated heterocycles. The summed E-state index contributed by atoms with van der Waals surface area (Å²) >= 11 is 0. The van der Waals surface area contributed by atoms with Crippen molar-refractivity contribution in [2.24, 2.45) is 0 Å². The summed E-state index contributed by atoms with van der Waals surface area (Å²) in [6.45, 7) is 5.71. The molecular weight excluding hydrogens is 170 g/mol. The average molecular weight is 183 g/mol. The highest BCUT2D eigenvalue weighted by Gasteiger charge is 2.21. The zero-order valence-corrected chi connectivity index (χ0v) is 7.90. The first-order chi connectivity index (χ1) is 5.84.